The second-order valence-electron chi connectivity index (χ2n) is 6.34. The van der Waals surface area contributed by atoms with Crippen molar-refractivity contribution in [1.29, 1.82) is 0 Å². The Kier molecular flexibility index (Phi) is 4.45. The Labute approximate surface area is 147 Å². The lowest BCUT2D eigenvalue weighted by molar-refractivity contribution is 0.343. The van der Waals surface area contributed by atoms with Gasteiger partial charge in [-0.25, -0.2) is 0 Å². The van der Waals surface area contributed by atoms with Crippen LogP contribution in [0.3, 0.4) is 0 Å². The second kappa shape index (κ2) is 6.74. The summed E-state index contributed by atoms with van der Waals surface area (Å²) in [6.45, 7) is 3.53. The lowest BCUT2D eigenvalue weighted by Crippen LogP contribution is -2.52. The van der Waals surface area contributed by atoms with Crippen molar-refractivity contribution in [3.8, 4) is 5.82 Å². The van der Waals surface area contributed by atoms with Gasteiger partial charge in [0.25, 0.3) is 10.2 Å². The largest absolute Gasteiger partial charge is 0.352 e. The molecule has 0 aliphatic carbocycles. The van der Waals surface area contributed by atoms with E-state index >= 15 is 0 Å². The van der Waals surface area contributed by atoms with Gasteiger partial charge in [0, 0.05) is 51.7 Å². The van der Waals surface area contributed by atoms with Gasteiger partial charge in [0.2, 0.25) is 0 Å². The van der Waals surface area contributed by atoms with E-state index < -0.39 is 10.2 Å². The molecule has 25 heavy (non-hydrogen) atoms. The number of piperazine rings is 1. The van der Waals surface area contributed by atoms with Gasteiger partial charge in [0.1, 0.15) is 0 Å². The minimum atomic E-state index is -3.30. The monoisotopic (exact) mass is 362 g/mol. The van der Waals surface area contributed by atoms with E-state index in [0.29, 0.717) is 39.3 Å². The third-order valence-corrected chi connectivity index (χ3v) is 6.82. The van der Waals surface area contributed by atoms with Gasteiger partial charge in [-0.05, 0) is 37.1 Å². The quantitative estimate of drug-likeness (QED) is 0.802. The summed E-state index contributed by atoms with van der Waals surface area (Å²) in [5.74, 6) is 1.55. The highest BCUT2D eigenvalue weighted by molar-refractivity contribution is 7.86. The van der Waals surface area contributed by atoms with Gasteiger partial charge >= 0.3 is 0 Å². The average Bonchev–Trinajstić information content (AvgIpc) is 3.36. The van der Waals surface area contributed by atoms with Crippen molar-refractivity contribution < 1.29 is 8.42 Å². The number of rotatable bonds is 4. The summed E-state index contributed by atoms with van der Waals surface area (Å²) >= 11 is 0. The molecule has 4 rings (SSSR count). The van der Waals surface area contributed by atoms with Crippen LogP contribution in [-0.2, 0) is 10.2 Å². The van der Waals surface area contributed by atoms with E-state index in [1.165, 1.54) is 0 Å². The number of nitrogens with zero attached hydrogens (tertiary/aromatic N) is 6. The van der Waals surface area contributed by atoms with Gasteiger partial charge in [-0.1, -0.05) is 0 Å². The number of aromatic nitrogens is 3. The predicted molar refractivity (Wildman–Crippen MR) is 94.9 cm³/mol. The SMILES string of the molecule is O=S(=O)(N1CCCC1)N1CCN(c2ccc(-n3cccc3)nn2)CC1. The third kappa shape index (κ3) is 3.26. The van der Waals surface area contributed by atoms with Crippen LogP contribution in [0.5, 0.6) is 0 Å². The molecule has 0 aromatic carbocycles. The predicted octanol–water partition coefficient (Wildman–Crippen LogP) is 0.730. The van der Waals surface area contributed by atoms with Crippen LogP contribution < -0.4 is 4.90 Å². The summed E-state index contributed by atoms with van der Waals surface area (Å²) in [5, 5.41) is 8.56. The van der Waals surface area contributed by atoms with Gasteiger partial charge in [-0.2, -0.15) is 17.0 Å². The first-order valence-electron chi connectivity index (χ1n) is 8.62. The van der Waals surface area contributed by atoms with Gasteiger partial charge in [0.05, 0.1) is 0 Å². The molecular weight excluding hydrogens is 340 g/mol. The number of hydrogen-bond acceptors (Lipinski definition) is 5. The molecule has 2 fully saturated rings. The van der Waals surface area contributed by atoms with Crippen LogP contribution in [0.4, 0.5) is 5.82 Å². The van der Waals surface area contributed by atoms with Crippen molar-refractivity contribution in [3.05, 3.63) is 36.7 Å². The summed E-state index contributed by atoms with van der Waals surface area (Å²) < 4.78 is 30.3. The molecule has 2 aliphatic heterocycles. The molecule has 8 nitrogen and oxygen atoms in total. The molecule has 134 valence electrons. The summed E-state index contributed by atoms with van der Waals surface area (Å²) in [6, 6.07) is 7.74. The Balaban J connectivity index is 1.40. The second-order valence-corrected chi connectivity index (χ2v) is 8.27. The van der Waals surface area contributed by atoms with E-state index in [1.807, 2.05) is 41.2 Å². The number of anilines is 1. The normalized spacial score (nSPS) is 20.2. The zero-order valence-corrected chi connectivity index (χ0v) is 14.8. The first-order chi connectivity index (χ1) is 12.1. The Morgan fingerprint density at radius 2 is 1.32 bits per heavy atom. The molecule has 2 aromatic rings. The molecule has 9 heteroatoms. The third-order valence-electron chi connectivity index (χ3n) is 4.79. The molecule has 0 atom stereocenters. The summed E-state index contributed by atoms with van der Waals surface area (Å²) in [7, 11) is -3.30. The fraction of sp³-hybridized carbons (Fsp3) is 0.500. The first-order valence-corrected chi connectivity index (χ1v) is 10.0. The molecule has 2 aromatic heterocycles. The average molecular weight is 362 g/mol. The van der Waals surface area contributed by atoms with Gasteiger partial charge in [-0.15, -0.1) is 10.2 Å². The fourth-order valence-electron chi connectivity index (χ4n) is 3.34. The molecule has 2 aliphatic rings. The van der Waals surface area contributed by atoms with Crippen LogP contribution in [-0.4, -0.2) is 71.1 Å². The van der Waals surface area contributed by atoms with Crippen LogP contribution in [0.15, 0.2) is 36.7 Å². The van der Waals surface area contributed by atoms with Crippen LogP contribution in [0, 0.1) is 0 Å². The van der Waals surface area contributed by atoms with E-state index in [-0.39, 0.29) is 0 Å². The lowest BCUT2D eigenvalue weighted by atomic mass is 10.3. The van der Waals surface area contributed by atoms with E-state index in [4.69, 9.17) is 0 Å². The van der Waals surface area contributed by atoms with E-state index in [1.54, 1.807) is 8.61 Å². The Hall–Kier alpha value is -1.97. The van der Waals surface area contributed by atoms with Crippen molar-refractivity contribution in [2.45, 2.75) is 12.8 Å². The number of hydrogen-bond donors (Lipinski definition) is 0. The lowest BCUT2D eigenvalue weighted by Gasteiger charge is -2.36. The van der Waals surface area contributed by atoms with Crippen molar-refractivity contribution in [2.75, 3.05) is 44.2 Å². The molecule has 0 spiro atoms. The highest BCUT2D eigenvalue weighted by Crippen LogP contribution is 2.20. The van der Waals surface area contributed by atoms with Gasteiger partial charge in [0.15, 0.2) is 11.6 Å². The molecular formula is C16H22N6O2S. The van der Waals surface area contributed by atoms with Gasteiger partial charge in [-0.3, -0.25) is 0 Å². The Morgan fingerprint density at radius 3 is 1.92 bits per heavy atom. The van der Waals surface area contributed by atoms with E-state index in [0.717, 1.165) is 24.5 Å². The van der Waals surface area contributed by atoms with Crippen molar-refractivity contribution in [2.24, 2.45) is 0 Å². The van der Waals surface area contributed by atoms with Crippen molar-refractivity contribution in [1.82, 2.24) is 23.4 Å². The molecule has 0 amide bonds. The zero-order valence-electron chi connectivity index (χ0n) is 14.0. The zero-order chi connectivity index (χ0) is 17.3. The minimum absolute atomic E-state index is 0.486. The summed E-state index contributed by atoms with van der Waals surface area (Å²) in [5.41, 5.74) is 0. The van der Waals surface area contributed by atoms with Crippen LogP contribution >= 0.6 is 0 Å². The maximum Gasteiger partial charge on any atom is 0.282 e. The molecule has 2 saturated heterocycles. The smallest absolute Gasteiger partial charge is 0.282 e. The van der Waals surface area contributed by atoms with Crippen molar-refractivity contribution >= 4 is 16.0 Å². The highest BCUT2D eigenvalue weighted by Gasteiger charge is 2.33. The molecule has 0 radical (unpaired) electrons. The first kappa shape index (κ1) is 16.5. The van der Waals surface area contributed by atoms with Gasteiger partial charge < -0.3 is 9.47 Å². The minimum Gasteiger partial charge on any atom is -0.352 e. The van der Waals surface area contributed by atoms with Crippen LogP contribution in [0.1, 0.15) is 12.8 Å². The maximum absolute atomic E-state index is 12.6. The van der Waals surface area contributed by atoms with Crippen LogP contribution in [0.2, 0.25) is 0 Å². The molecule has 4 heterocycles. The molecule has 0 saturated carbocycles. The van der Waals surface area contributed by atoms with Crippen molar-refractivity contribution in [3.63, 3.8) is 0 Å². The summed E-state index contributed by atoms with van der Waals surface area (Å²) in [4.78, 5) is 2.09. The standard InChI is InChI=1S/C16H22N6O2S/c23-25(24,21-9-3-4-10-21)22-13-11-20(12-14-22)16-6-5-15(17-18-16)19-7-1-2-8-19/h1-2,5-8H,3-4,9-14H2. The maximum atomic E-state index is 12.6. The molecule has 0 unspecified atom stereocenters. The Bertz CT molecular complexity index is 792. The fourth-order valence-corrected chi connectivity index (χ4v) is 5.01. The topological polar surface area (TPSA) is 74.6 Å². The molecule has 0 N–H and O–H groups in total. The van der Waals surface area contributed by atoms with E-state index in [9.17, 15) is 8.42 Å². The summed E-state index contributed by atoms with van der Waals surface area (Å²) in [6.07, 6.45) is 5.77. The van der Waals surface area contributed by atoms with Crippen LogP contribution in [0.25, 0.3) is 5.82 Å². The molecule has 0 bridgehead atoms. The highest BCUT2D eigenvalue weighted by atomic mass is 32.2. The van der Waals surface area contributed by atoms with E-state index in [2.05, 4.69) is 15.1 Å². The Morgan fingerprint density at radius 1 is 0.760 bits per heavy atom.